The predicted molar refractivity (Wildman–Crippen MR) is 90.8 cm³/mol. The van der Waals surface area contributed by atoms with Gasteiger partial charge in [-0.05, 0) is 42.5 Å². The highest BCUT2D eigenvalue weighted by Crippen LogP contribution is 2.20. The maximum absolute atomic E-state index is 11.0. The zero-order chi connectivity index (χ0) is 15.9. The van der Waals surface area contributed by atoms with Crippen molar-refractivity contribution >= 4 is 6.29 Å². The highest BCUT2D eigenvalue weighted by Gasteiger charge is 1.97. The molecule has 23 heavy (non-hydrogen) atoms. The first kappa shape index (κ1) is 14.6. The van der Waals surface area contributed by atoms with Crippen LogP contribution >= 0.6 is 0 Å². The molecule has 0 aliphatic carbocycles. The van der Waals surface area contributed by atoms with Crippen molar-refractivity contribution in [1.82, 2.24) is 0 Å². The van der Waals surface area contributed by atoms with Crippen molar-refractivity contribution in [3.63, 3.8) is 0 Å². The molecule has 0 unspecified atom stereocenters. The van der Waals surface area contributed by atoms with E-state index in [4.69, 9.17) is 4.74 Å². The summed E-state index contributed by atoms with van der Waals surface area (Å²) < 4.78 is 5.74. The molecule has 0 heterocycles. The summed E-state index contributed by atoms with van der Waals surface area (Å²) in [5, 5.41) is 0. The summed E-state index contributed by atoms with van der Waals surface area (Å²) in [7, 11) is 0. The molecule has 0 aliphatic rings. The summed E-state index contributed by atoms with van der Waals surface area (Å²) in [5.41, 5.74) is 2.20. The summed E-state index contributed by atoms with van der Waals surface area (Å²) >= 11 is 0. The normalized spacial score (nSPS) is 9.57. The minimum Gasteiger partial charge on any atom is -0.457 e. The van der Waals surface area contributed by atoms with Gasteiger partial charge in [0.25, 0.3) is 0 Å². The fourth-order valence-corrected chi connectivity index (χ4v) is 2.08. The monoisotopic (exact) mass is 298 g/mol. The first-order chi connectivity index (χ1) is 11.3. The molecule has 0 bridgehead atoms. The summed E-state index contributed by atoms with van der Waals surface area (Å²) in [6.07, 6.45) is 0.820. The van der Waals surface area contributed by atoms with Gasteiger partial charge in [-0.2, -0.15) is 0 Å². The smallest absolute Gasteiger partial charge is 0.151 e. The van der Waals surface area contributed by atoms with Gasteiger partial charge in [-0.15, -0.1) is 0 Å². The molecule has 3 rings (SSSR count). The van der Waals surface area contributed by atoms with Crippen LogP contribution in [0.15, 0.2) is 78.9 Å². The van der Waals surface area contributed by atoms with Gasteiger partial charge >= 0.3 is 0 Å². The Morgan fingerprint density at radius 1 is 0.696 bits per heavy atom. The van der Waals surface area contributed by atoms with Crippen LogP contribution in [0.1, 0.15) is 21.5 Å². The molecule has 3 aromatic carbocycles. The number of benzene rings is 3. The van der Waals surface area contributed by atoms with Gasteiger partial charge in [0.15, 0.2) is 6.29 Å². The van der Waals surface area contributed by atoms with Crippen molar-refractivity contribution in [3.05, 3.63) is 95.6 Å². The van der Waals surface area contributed by atoms with Crippen LogP contribution < -0.4 is 4.74 Å². The van der Waals surface area contributed by atoms with Crippen LogP contribution in [0.2, 0.25) is 0 Å². The Kier molecular flexibility index (Phi) is 4.52. The van der Waals surface area contributed by atoms with E-state index in [0.29, 0.717) is 5.56 Å². The second kappa shape index (κ2) is 7.11. The third-order valence-electron chi connectivity index (χ3n) is 3.26. The first-order valence-electron chi connectivity index (χ1n) is 7.24. The van der Waals surface area contributed by atoms with Crippen molar-refractivity contribution in [3.8, 4) is 23.3 Å². The standard InChI is InChI=1S/C21H14O2/c22-16-19-7-5-4-6-18(19)13-10-17-11-14-21(15-12-17)23-20-8-2-1-3-9-20/h1-9,11-12,14-16H. The van der Waals surface area contributed by atoms with Gasteiger partial charge in [0.1, 0.15) is 11.5 Å². The van der Waals surface area contributed by atoms with Crippen LogP contribution in [0.4, 0.5) is 0 Å². The molecular formula is C21H14O2. The number of rotatable bonds is 3. The van der Waals surface area contributed by atoms with Gasteiger partial charge in [-0.1, -0.05) is 48.2 Å². The molecule has 0 fully saturated rings. The molecule has 110 valence electrons. The Bertz CT molecular complexity index is 854. The number of hydrogen-bond acceptors (Lipinski definition) is 2. The van der Waals surface area contributed by atoms with E-state index in [1.807, 2.05) is 72.8 Å². The first-order valence-corrected chi connectivity index (χ1v) is 7.24. The van der Waals surface area contributed by atoms with E-state index in [2.05, 4.69) is 11.8 Å². The van der Waals surface area contributed by atoms with E-state index in [-0.39, 0.29) is 0 Å². The molecule has 0 saturated heterocycles. The molecule has 0 spiro atoms. The van der Waals surface area contributed by atoms with Gasteiger partial charge in [0, 0.05) is 16.7 Å². The number of carbonyl (C=O) groups excluding carboxylic acids is 1. The summed E-state index contributed by atoms with van der Waals surface area (Å²) in [4.78, 5) is 11.0. The number of para-hydroxylation sites is 1. The number of hydrogen-bond donors (Lipinski definition) is 0. The Hall–Kier alpha value is -3.31. The van der Waals surface area contributed by atoms with Crippen LogP contribution in [0.25, 0.3) is 0 Å². The van der Waals surface area contributed by atoms with E-state index < -0.39 is 0 Å². The summed E-state index contributed by atoms with van der Waals surface area (Å²) in [5.74, 6) is 7.65. The number of carbonyl (C=O) groups is 1. The lowest BCUT2D eigenvalue weighted by atomic mass is 10.1. The van der Waals surface area contributed by atoms with Gasteiger partial charge < -0.3 is 4.74 Å². The molecule has 3 aromatic rings. The summed E-state index contributed by atoms with van der Waals surface area (Å²) in [6, 6.07) is 24.5. The zero-order valence-corrected chi connectivity index (χ0v) is 12.4. The van der Waals surface area contributed by atoms with Crippen molar-refractivity contribution < 1.29 is 9.53 Å². The molecule has 0 radical (unpaired) electrons. The molecule has 0 amide bonds. The van der Waals surface area contributed by atoms with Gasteiger partial charge in [0.2, 0.25) is 0 Å². The SMILES string of the molecule is O=Cc1ccccc1C#Cc1ccc(Oc2ccccc2)cc1. The second-order valence-corrected chi connectivity index (χ2v) is 4.89. The van der Waals surface area contributed by atoms with Gasteiger partial charge in [-0.3, -0.25) is 4.79 Å². The third kappa shape index (κ3) is 3.87. The lowest BCUT2D eigenvalue weighted by molar-refractivity contribution is 0.112. The fraction of sp³-hybridized carbons (Fsp3) is 0. The molecule has 0 saturated carbocycles. The molecule has 0 atom stereocenters. The van der Waals surface area contributed by atoms with E-state index in [1.54, 1.807) is 6.07 Å². The predicted octanol–water partition coefficient (Wildman–Crippen LogP) is 4.69. The topological polar surface area (TPSA) is 26.3 Å². The molecule has 0 aliphatic heterocycles. The fourth-order valence-electron chi connectivity index (χ4n) is 2.08. The Balaban J connectivity index is 1.76. The third-order valence-corrected chi connectivity index (χ3v) is 3.26. The Morgan fingerprint density at radius 2 is 1.35 bits per heavy atom. The van der Waals surface area contributed by atoms with Gasteiger partial charge in [-0.25, -0.2) is 0 Å². The highest BCUT2D eigenvalue weighted by molar-refractivity contribution is 5.79. The van der Waals surface area contributed by atoms with Crippen LogP contribution in [0, 0.1) is 11.8 Å². The largest absolute Gasteiger partial charge is 0.457 e. The van der Waals surface area contributed by atoms with Crippen molar-refractivity contribution in [1.29, 1.82) is 0 Å². The molecule has 2 heteroatoms. The lowest BCUT2D eigenvalue weighted by Crippen LogP contribution is -1.86. The molecule has 2 nitrogen and oxygen atoms in total. The molecular weight excluding hydrogens is 284 g/mol. The van der Waals surface area contributed by atoms with Gasteiger partial charge in [0.05, 0.1) is 0 Å². The maximum Gasteiger partial charge on any atom is 0.151 e. The highest BCUT2D eigenvalue weighted by atomic mass is 16.5. The Morgan fingerprint density at radius 3 is 2.09 bits per heavy atom. The second-order valence-electron chi connectivity index (χ2n) is 4.89. The average molecular weight is 298 g/mol. The number of aldehydes is 1. The average Bonchev–Trinajstić information content (AvgIpc) is 2.62. The van der Waals surface area contributed by atoms with Crippen LogP contribution in [0.3, 0.4) is 0 Å². The van der Waals surface area contributed by atoms with E-state index >= 15 is 0 Å². The molecule has 0 N–H and O–H groups in total. The van der Waals surface area contributed by atoms with Crippen molar-refractivity contribution in [2.24, 2.45) is 0 Å². The van der Waals surface area contributed by atoms with Crippen LogP contribution in [0.5, 0.6) is 11.5 Å². The summed E-state index contributed by atoms with van der Waals surface area (Å²) in [6.45, 7) is 0. The number of ether oxygens (including phenoxy) is 1. The molecule has 0 aromatic heterocycles. The minimum absolute atomic E-state index is 0.601. The maximum atomic E-state index is 11.0. The van der Waals surface area contributed by atoms with E-state index in [1.165, 1.54) is 0 Å². The lowest BCUT2D eigenvalue weighted by Gasteiger charge is -2.04. The van der Waals surface area contributed by atoms with Crippen molar-refractivity contribution in [2.45, 2.75) is 0 Å². The Labute approximate surface area is 135 Å². The van der Waals surface area contributed by atoms with E-state index in [0.717, 1.165) is 28.9 Å². The van der Waals surface area contributed by atoms with E-state index in [9.17, 15) is 4.79 Å². The zero-order valence-electron chi connectivity index (χ0n) is 12.4. The van der Waals surface area contributed by atoms with Crippen LogP contribution in [-0.2, 0) is 0 Å². The quantitative estimate of drug-likeness (QED) is 0.518. The minimum atomic E-state index is 0.601. The van der Waals surface area contributed by atoms with Crippen molar-refractivity contribution in [2.75, 3.05) is 0 Å². The van der Waals surface area contributed by atoms with Crippen LogP contribution in [-0.4, -0.2) is 6.29 Å².